The van der Waals surface area contributed by atoms with Crippen LogP contribution >= 0.6 is 0 Å². The molecule has 0 N–H and O–H groups in total. The predicted molar refractivity (Wildman–Crippen MR) is 87.7 cm³/mol. The van der Waals surface area contributed by atoms with Gasteiger partial charge in [-0.3, -0.25) is 9.69 Å². The van der Waals surface area contributed by atoms with E-state index in [4.69, 9.17) is 0 Å². The van der Waals surface area contributed by atoms with Gasteiger partial charge in [-0.2, -0.15) is 13.2 Å². The first-order valence-electron chi connectivity index (χ1n) is 9.09. The molecule has 6 heteroatoms. The van der Waals surface area contributed by atoms with Crippen molar-refractivity contribution >= 4 is 5.91 Å². The Hall–Kier alpha value is -1.56. The molecule has 2 aliphatic heterocycles. The topological polar surface area (TPSA) is 23.6 Å². The van der Waals surface area contributed by atoms with Crippen molar-refractivity contribution in [3.8, 4) is 0 Å². The van der Waals surface area contributed by atoms with Gasteiger partial charge in [-0.05, 0) is 61.8 Å². The lowest BCUT2D eigenvalue weighted by molar-refractivity contribution is -0.146. The molecule has 0 unspecified atom stereocenters. The van der Waals surface area contributed by atoms with E-state index in [1.54, 1.807) is 0 Å². The van der Waals surface area contributed by atoms with Crippen molar-refractivity contribution in [3.05, 3.63) is 35.4 Å². The van der Waals surface area contributed by atoms with Crippen LogP contribution in [0.25, 0.3) is 0 Å². The van der Waals surface area contributed by atoms with Crippen LogP contribution in [0.3, 0.4) is 0 Å². The van der Waals surface area contributed by atoms with Crippen LogP contribution in [-0.2, 0) is 17.5 Å². The fourth-order valence-corrected chi connectivity index (χ4v) is 4.12. The second kappa shape index (κ2) is 6.31. The molecule has 25 heavy (non-hydrogen) atoms. The molecule has 0 radical (unpaired) electrons. The maximum absolute atomic E-state index is 12.8. The molecule has 1 aliphatic carbocycles. The van der Waals surface area contributed by atoms with Crippen LogP contribution in [0.4, 0.5) is 13.2 Å². The average Bonchev–Trinajstić information content (AvgIpc) is 3.38. The number of carbonyl (C=O) groups excluding carboxylic acids is 1. The van der Waals surface area contributed by atoms with Crippen molar-refractivity contribution in [2.24, 2.45) is 11.8 Å². The number of carbonyl (C=O) groups is 1. The Labute approximate surface area is 145 Å². The molecule has 2 atom stereocenters. The molecule has 1 aromatic carbocycles. The third kappa shape index (κ3) is 3.68. The molecule has 1 aromatic rings. The number of piperidine rings is 2. The maximum Gasteiger partial charge on any atom is 0.416 e. The normalized spacial score (nSPS) is 27.6. The first-order chi connectivity index (χ1) is 11.9. The summed E-state index contributed by atoms with van der Waals surface area (Å²) in [7, 11) is 0. The van der Waals surface area contributed by atoms with Gasteiger partial charge in [0.15, 0.2) is 0 Å². The van der Waals surface area contributed by atoms with Crippen molar-refractivity contribution in [1.29, 1.82) is 0 Å². The quantitative estimate of drug-likeness (QED) is 0.828. The summed E-state index contributed by atoms with van der Waals surface area (Å²) in [5.41, 5.74) is 0.206. The lowest BCUT2D eigenvalue weighted by Crippen LogP contribution is -2.58. The monoisotopic (exact) mass is 352 g/mol. The van der Waals surface area contributed by atoms with E-state index in [9.17, 15) is 18.0 Å². The maximum atomic E-state index is 12.8. The molecule has 0 spiro atoms. The molecule has 1 saturated carbocycles. The third-order valence-corrected chi connectivity index (χ3v) is 5.74. The molecule has 2 heterocycles. The van der Waals surface area contributed by atoms with E-state index in [2.05, 4.69) is 4.90 Å². The minimum absolute atomic E-state index is 0.103. The summed E-state index contributed by atoms with van der Waals surface area (Å²) in [6.45, 7) is 3.16. The number of amides is 1. The van der Waals surface area contributed by atoms with Crippen LogP contribution in [0.15, 0.2) is 24.3 Å². The lowest BCUT2D eigenvalue weighted by atomic mass is 9.85. The molecule has 3 fully saturated rings. The Bertz CT molecular complexity index is 639. The summed E-state index contributed by atoms with van der Waals surface area (Å²) in [6, 6.07) is 5.22. The van der Waals surface area contributed by atoms with Crippen molar-refractivity contribution in [3.63, 3.8) is 0 Å². The smallest absolute Gasteiger partial charge is 0.341 e. The van der Waals surface area contributed by atoms with Gasteiger partial charge < -0.3 is 4.90 Å². The zero-order chi connectivity index (χ0) is 17.6. The number of halogens is 3. The Kier molecular flexibility index (Phi) is 4.26. The molecular weight excluding hydrogens is 329 g/mol. The molecule has 3 aliphatic rings. The van der Waals surface area contributed by atoms with Gasteiger partial charge in [-0.25, -0.2) is 0 Å². The van der Waals surface area contributed by atoms with E-state index < -0.39 is 11.7 Å². The Balaban J connectivity index is 1.44. The van der Waals surface area contributed by atoms with Gasteiger partial charge in [0, 0.05) is 19.6 Å². The van der Waals surface area contributed by atoms with E-state index >= 15 is 0 Å². The lowest BCUT2D eigenvalue weighted by Gasteiger charge is -2.46. The zero-order valence-corrected chi connectivity index (χ0v) is 14.1. The first kappa shape index (κ1) is 16.9. The van der Waals surface area contributed by atoms with Crippen LogP contribution in [0, 0.1) is 11.8 Å². The number of rotatable bonds is 4. The van der Waals surface area contributed by atoms with E-state index in [0.29, 0.717) is 18.4 Å². The summed E-state index contributed by atoms with van der Waals surface area (Å²) in [6.07, 6.45) is 0.106. The number of alkyl halides is 3. The summed E-state index contributed by atoms with van der Waals surface area (Å²) >= 11 is 0. The standard InChI is InChI=1S/C19H23F3N2O/c20-19(21,22)16-5-3-14(4-6-16)10-23-8-7-15-9-17(23)18(25)24(12-15)11-13-1-2-13/h3-6,13,15,17H,1-2,7-12H2/t15-,17+/m0/s1. The van der Waals surface area contributed by atoms with Crippen LogP contribution < -0.4 is 0 Å². The summed E-state index contributed by atoms with van der Waals surface area (Å²) < 4.78 is 38.1. The summed E-state index contributed by atoms with van der Waals surface area (Å²) in [4.78, 5) is 17.0. The van der Waals surface area contributed by atoms with E-state index in [1.807, 2.05) is 4.90 Å². The summed E-state index contributed by atoms with van der Waals surface area (Å²) in [5, 5.41) is 0. The minimum atomic E-state index is -4.31. The molecule has 1 amide bonds. The van der Waals surface area contributed by atoms with E-state index in [0.717, 1.165) is 50.2 Å². The summed E-state index contributed by atoms with van der Waals surface area (Å²) in [5.74, 6) is 1.48. The minimum Gasteiger partial charge on any atom is -0.341 e. The highest BCUT2D eigenvalue weighted by Crippen LogP contribution is 2.35. The van der Waals surface area contributed by atoms with Crippen molar-refractivity contribution < 1.29 is 18.0 Å². The number of nitrogens with zero attached hydrogens (tertiary/aromatic N) is 2. The van der Waals surface area contributed by atoms with Crippen molar-refractivity contribution in [1.82, 2.24) is 9.80 Å². The predicted octanol–water partition coefficient (Wildman–Crippen LogP) is 3.54. The van der Waals surface area contributed by atoms with Crippen LogP contribution in [0.5, 0.6) is 0 Å². The highest BCUT2D eigenvalue weighted by atomic mass is 19.4. The molecular formula is C19H23F3N2O. The van der Waals surface area contributed by atoms with Gasteiger partial charge in [-0.1, -0.05) is 12.1 Å². The highest BCUT2D eigenvalue weighted by Gasteiger charge is 2.42. The van der Waals surface area contributed by atoms with Gasteiger partial charge >= 0.3 is 6.18 Å². The molecule has 3 nitrogen and oxygen atoms in total. The molecule has 4 rings (SSSR count). The second-order valence-electron chi connectivity index (χ2n) is 7.76. The van der Waals surface area contributed by atoms with Crippen LogP contribution in [0.2, 0.25) is 0 Å². The van der Waals surface area contributed by atoms with Gasteiger partial charge in [0.25, 0.3) is 0 Å². The molecule has 2 saturated heterocycles. The fourth-order valence-electron chi connectivity index (χ4n) is 4.12. The molecule has 0 aromatic heterocycles. The largest absolute Gasteiger partial charge is 0.416 e. The van der Waals surface area contributed by atoms with Crippen LogP contribution in [-0.4, -0.2) is 41.4 Å². The first-order valence-corrected chi connectivity index (χ1v) is 9.09. The zero-order valence-electron chi connectivity index (χ0n) is 14.1. The SMILES string of the molecule is O=C1[C@H]2C[C@H](CCN2Cc2ccc(C(F)(F)F)cc2)CN1CC1CC1. The fraction of sp³-hybridized carbons (Fsp3) is 0.632. The number of hydrogen-bond donors (Lipinski definition) is 0. The van der Waals surface area contributed by atoms with Gasteiger partial charge in [0.05, 0.1) is 11.6 Å². The molecule has 2 bridgehead atoms. The number of benzene rings is 1. The van der Waals surface area contributed by atoms with Crippen molar-refractivity contribution in [2.45, 2.75) is 44.4 Å². The highest BCUT2D eigenvalue weighted by molar-refractivity contribution is 5.83. The van der Waals surface area contributed by atoms with E-state index in [-0.39, 0.29) is 11.9 Å². The van der Waals surface area contributed by atoms with Crippen molar-refractivity contribution in [2.75, 3.05) is 19.6 Å². The van der Waals surface area contributed by atoms with Gasteiger partial charge in [0.2, 0.25) is 5.91 Å². The molecule has 136 valence electrons. The van der Waals surface area contributed by atoms with Crippen LogP contribution in [0.1, 0.15) is 36.8 Å². The van der Waals surface area contributed by atoms with Gasteiger partial charge in [0.1, 0.15) is 0 Å². The third-order valence-electron chi connectivity index (χ3n) is 5.74. The number of fused-ring (bicyclic) bond motifs is 2. The van der Waals surface area contributed by atoms with Gasteiger partial charge in [-0.15, -0.1) is 0 Å². The second-order valence-corrected chi connectivity index (χ2v) is 7.76. The van der Waals surface area contributed by atoms with E-state index in [1.165, 1.54) is 25.0 Å². The average molecular weight is 352 g/mol. The number of likely N-dealkylation sites (tertiary alicyclic amines) is 2. The number of hydrogen-bond acceptors (Lipinski definition) is 2. The Morgan fingerprint density at radius 3 is 2.44 bits per heavy atom. The Morgan fingerprint density at radius 1 is 1.08 bits per heavy atom. The Morgan fingerprint density at radius 2 is 1.80 bits per heavy atom.